The number of benzene rings is 2. The minimum absolute atomic E-state index is 0.0179. The molecule has 0 radical (unpaired) electrons. The van der Waals surface area contributed by atoms with E-state index in [4.69, 9.17) is 18.9 Å². The molecule has 15 heteroatoms. The number of carbonyl (C=O) groups is 2. The van der Waals surface area contributed by atoms with Gasteiger partial charge in [-0.05, 0) is 197 Å². The number of Topliss-reactive ketones (excluding diaryl/α,β-unsaturated/α-hetero) is 1. The number of allylic oxidation sites excluding steroid dienone is 1. The quantitative estimate of drug-likeness (QED) is 0.0970. The van der Waals surface area contributed by atoms with Crippen LogP contribution in [0.3, 0.4) is 0 Å². The van der Waals surface area contributed by atoms with Crippen LogP contribution in [0.5, 0.6) is 17.2 Å². The predicted molar refractivity (Wildman–Crippen MR) is 293 cm³/mol. The first kappa shape index (κ1) is 52.0. The first-order valence-corrected chi connectivity index (χ1v) is 31.4. The number of aliphatic hydroxyl groups excluding tert-OH is 4. The SMILES string of the molecule is CC(=O)c1c(C)c(O)c2cc(C(=O)O)cc(O[C@@H]3O[C@@H]4[C@H](O)C5(CCCC5)C[C@H]5O[C@@]4(C[C@@H]4C6=C5CC=C6[C@@]5(CCO)COC[C@H]6C[C@@]78C[C@]4(NN[C@@H]7C4(CCCC4)[C@@]4(CCC[C@]47CCC4(CCCC4)C7)C8)[C@@H]65)[C@H](O)[C@H]3O)c2c1O. The first-order chi connectivity index (χ1) is 38.4. The summed E-state index contributed by atoms with van der Waals surface area (Å²) in [7, 11) is 0. The molecule has 9 N–H and O–H groups in total. The average Bonchev–Trinajstić information content (AvgIpc) is 1.61. The van der Waals surface area contributed by atoms with Gasteiger partial charge in [-0.15, -0.1) is 0 Å². The molecule has 5 heterocycles. The summed E-state index contributed by atoms with van der Waals surface area (Å²) in [6.07, 6.45) is 21.1. The molecule has 4 bridgehead atoms. The molecule has 9 aliphatic carbocycles. The Bertz CT molecular complexity index is 3080. The Morgan fingerprint density at radius 2 is 1.59 bits per heavy atom. The molecule has 80 heavy (non-hydrogen) atoms. The van der Waals surface area contributed by atoms with Crippen molar-refractivity contribution in [2.24, 2.45) is 55.7 Å². The largest absolute Gasteiger partial charge is 0.507 e. The van der Waals surface area contributed by atoms with E-state index >= 15 is 0 Å². The smallest absolute Gasteiger partial charge is 0.335 e. The van der Waals surface area contributed by atoms with E-state index in [2.05, 4.69) is 16.9 Å². The van der Waals surface area contributed by atoms with Crippen molar-refractivity contribution in [3.05, 3.63) is 51.6 Å². The van der Waals surface area contributed by atoms with Crippen LogP contribution in [0.15, 0.2) is 34.9 Å². The number of phenols is 2. The molecule has 15 nitrogen and oxygen atoms in total. The van der Waals surface area contributed by atoms with Crippen LogP contribution >= 0.6 is 0 Å². The van der Waals surface area contributed by atoms with Crippen molar-refractivity contribution in [3.63, 3.8) is 0 Å². The Morgan fingerprint density at radius 3 is 2.34 bits per heavy atom. The molecule has 12 fully saturated rings. The van der Waals surface area contributed by atoms with E-state index in [1.54, 1.807) is 0 Å². The van der Waals surface area contributed by atoms with Gasteiger partial charge in [0.05, 0.1) is 35.3 Å². The summed E-state index contributed by atoms with van der Waals surface area (Å²) in [4.78, 5) is 25.8. The minimum Gasteiger partial charge on any atom is -0.507 e. The maximum atomic E-state index is 13.5. The van der Waals surface area contributed by atoms with Gasteiger partial charge in [-0.3, -0.25) is 15.6 Å². The molecule has 2 aromatic rings. The number of hydrazine groups is 1. The van der Waals surface area contributed by atoms with E-state index in [-0.39, 0.29) is 86.3 Å². The summed E-state index contributed by atoms with van der Waals surface area (Å²) >= 11 is 0. The van der Waals surface area contributed by atoms with Crippen molar-refractivity contribution in [2.75, 3.05) is 19.8 Å². The van der Waals surface area contributed by atoms with Gasteiger partial charge in [0.15, 0.2) is 5.78 Å². The summed E-state index contributed by atoms with van der Waals surface area (Å²) in [6, 6.07) is 2.63. The van der Waals surface area contributed by atoms with Crippen molar-refractivity contribution < 1.29 is 64.3 Å². The summed E-state index contributed by atoms with van der Waals surface area (Å²) in [5.74, 6) is -3.18. The van der Waals surface area contributed by atoms with Crippen LogP contribution in [0.25, 0.3) is 10.8 Å². The molecule has 0 aromatic heterocycles. The number of aromatic hydroxyl groups is 2. The summed E-state index contributed by atoms with van der Waals surface area (Å²) in [5.41, 5.74) is 9.75. The van der Waals surface area contributed by atoms with Crippen molar-refractivity contribution >= 4 is 22.5 Å². The molecule has 8 spiro atoms. The molecule has 16 atom stereocenters. The lowest BCUT2D eigenvalue weighted by Crippen LogP contribution is -2.82. The molecule has 16 rings (SSSR count). The number of aromatic carboxylic acids is 1. The van der Waals surface area contributed by atoms with Crippen molar-refractivity contribution in [2.45, 2.75) is 228 Å². The Hall–Kier alpha value is -3.64. The number of nitrogens with one attached hydrogen (secondary N) is 2. The van der Waals surface area contributed by atoms with E-state index in [0.717, 1.165) is 31.7 Å². The minimum atomic E-state index is -1.83. The number of ether oxygens (including phenoxy) is 4. The Labute approximate surface area is 468 Å². The summed E-state index contributed by atoms with van der Waals surface area (Å²) in [5, 5.41) is 84.8. The number of carboxylic acid groups (broad SMARTS) is 1. The van der Waals surface area contributed by atoms with Crippen molar-refractivity contribution in [3.8, 4) is 17.2 Å². The molecule has 432 valence electrons. The summed E-state index contributed by atoms with van der Waals surface area (Å²) < 4.78 is 28.5. The molecule has 8 saturated carbocycles. The third-order valence-corrected chi connectivity index (χ3v) is 27.0. The molecule has 0 amide bonds. The molecule has 2 aromatic carbocycles. The number of carboxylic acids is 1. The van der Waals surface area contributed by atoms with Gasteiger partial charge in [0.2, 0.25) is 6.29 Å². The Kier molecular flexibility index (Phi) is 11.1. The second-order valence-electron chi connectivity index (χ2n) is 29.7. The fraction of sp³-hybridized carbons (Fsp3) is 0.754. The zero-order chi connectivity index (χ0) is 54.9. The zero-order valence-corrected chi connectivity index (χ0v) is 46.9. The van der Waals surface area contributed by atoms with Crippen LogP contribution in [0.1, 0.15) is 194 Å². The maximum Gasteiger partial charge on any atom is 0.335 e. The number of carbonyl (C=O) groups excluding carboxylic acids is 1. The second kappa shape index (κ2) is 17.0. The topological polar surface area (TPSA) is 237 Å². The van der Waals surface area contributed by atoms with Crippen LogP contribution in [0, 0.1) is 62.6 Å². The van der Waals surface area contributed by atoms with Crippen LogP contribution < -0.4 is 15.6 Å². The number of aliphatic hydroxyl groups is 4. The van der Waals surface area contributed by atoms with Gasteiger partial charge in [-0.1, -0.05) is 51.0 Å². The van der Waals surface area contributed by atoms with Gasteiger partial charge in [0.25, 0.3) is 0 Å². The number of fused-ring (bicyclic) bond motifs is 7. The van der Waals surface area contributed by atoms with Crippen LogP contribution in [-0.2, 0) is 14.2 Å². The Morgan fingerprint density at radius 1 is 0.825 bits per heavy atom. The highest BCUT2D eigenvalue weighted by Crippen LogP contribution is 2.85. The lowest BCUT2D eigenvalue weighted by molar-refractivity contribution is -0.340. The van der Waals surface area contributed by atoms with Gasteiger partial charge in [-0.25, -0.2) is 4.79 Å². The van der Waals surface area contributed by atoms with Crippen LogP contribution in [0.2, 0.25) is 0 Å². The average molecular weight is 1100 g/mol. The maximum absolute atomic E-state index is 13.5. The van der Waals surface area contributed by atoms with E-state index in [1.165, 1.54) is 133 Å². The first-order valence-electron chi connectivity index (χ1n) is 31.4. The zero-order valence-electron chi connectivity index (χ0n) is 46.9. The van der Waals surface area contributed by atoms with E-state index in [1.807, 2.05) is 0 Å². The highest BCUT2D eigenvalue weighted by molar-refractivity contribution is 6.11. The molecule has 5 aliphatic heterocycles. The number of hydrogen-bond donors (Lipinski definition) is 9. The summed E-state index contributed by atoms with van der Waals surface area (Å²) in [6.45, 7) is 3.89. The van der Waals surface area contributed by atoms with Gasteiger partial charge in [0, 0.05) is 52.5 Å². The Balaban J connectivity index is 0.853. The fourth-order valence-electron chi connectivity index (χ4n) is 24.8. The highest BCUT2D eigenvalue weighted by atomic mass is 16.7. The number of rotatable bonds is 6. The number of phenolic OH excluding ortho intramolecular Hbond substituents is 2. The van der Waals surface area contributed by atoms with Gasteiger partial charge < -0.3 is 54.7 Å². The highest BCUT2D eigenvalue weighted by Gasteiger charge is 2.83. The third-order valence-electron chi connectivity index (χ3n) is 27.0. The van der Waals surface area contributed by atoms with Crippen LogP contribution in [-0.4, -0.2) is 121 Å². The van der Waals surface area contributed by atoms with Crippen molar-refractivity contribution in [1.82, 2.24) is 10.9 Å². The standard InChI is InChI=1S/C65H84N2O13/c1-34-44(35(2)69)48(71)46-39(47(34)70)24-36(54(75)76)25-42(46)78-55-49(72)51(73)65-27-41-45-38(43(80-65)28-58(14-5-6-15-58)52(74)53(65)79-55)10-11-40(45)61(22-23-68)33-77-29-37-26-59-31-63(19-9-16-60(63)21-20-57(30-60)12-3-4-13-57)62(17-7-8-18-62)56(59)66-67-64(41,32-59)50(37)61/h11,24-25,37,41,43,49-53,55-56,66-68,70-74H,3-10,12-23,26-33H2,1-2H3,(H,75,76)/t37-,41-,43-,49-,50+,51-,52+,53-,55-,56+,59-,60-,61-,63+,64-,65+/m1/s1. The van der Waals surface area contributed by atoms with E-state index in [9.17, 15) is 45.3 Å². The number of ketones is 1. The lowest BCUT2D eigenvalue weighted by atomic mass is 9.38. The molecule has 14 aliphatic rings. The number of hydrogen-bond acceptors (Lipinski definition) is 14. The van der Waals surface area contributed by atoms with Crippen LogP contribution in [0.4, 0.5) is 0 Å². The normalized spacial score (nSPS) is 45.5. The predicted octanol–water partition coefficient (Wildman–Crippen LogP) is 8.89. The molecule has 0 unspecified atom stereocenters. The van der Waals surface area contributed by atoms with Gasteiger partial charge >= 0.3 is 5.97 Å². The van der Waals surface area contributed by atoms with E-state index in [0.29, 0.717) is 56.1 Å². The monoisotopic (exact) mass is 1100 g/mol. The van der Waals surface area contributed by atoms with Gasteiger partial charge in [0.1, 0.15) is 41.2 Å². The van der Waals surface area contributed by atoms with Gasteiger partial charge in [-0.2, -0.15) is 0 Å². The van der Waals surface area contributed by atoms with Crippen molar-refractivity contribution in [1.29, 1.82) is 0 Å². The fourth-order valence-corrected chi connectivity index (χ4v) is 24.8. The molecule has 4 saturated heterocycles. The molecular weight excluding hydrogens is 1020 g/mol. The molecular formula is C65H84N2O13. The third kappa shape index (κ3) is 6.19. The second-order valence-corrected chi connectivity index (χ2v) is 29.7. The van der Waals surface area contributed by atoms with E-state index < -0.39 is 82.0 Å². The lowest BCUT2D eigenvalue weighted by Gasteiger charge is -2.72.